The van der Waals surface area contributed by atoms with Gasteiger partial charge in [-0.2, -0.15) is 9.03 Å². The van der Waals surface area contributed by atoms with Crippen molar-refractivity contribution in [3.63, 3.8) is 0 Å². The van der Waals surface area contributed by atoms with E-state index in [0.717, 1.165) is 11.1 Å². The highest BCUT2D eigenvalue weighted by Crippen LogP contribution is 2.25. The van der Waals surface area contributed by atoms with E-state index in [2.05, 4.69) is 10.0 Å². The van der Waals surface area contributed by atoms with Crippen molar-refractivity contribution in [2.24, 2.45) is 0 Å². The van der Waals surface area contributed by atoms with Gasteiger partial charge in [0.15, 0.2) is 0 Å². The summed E-state index contributed by atoms with van der Waals surface area (Å²) < 4.78 is 66.9. The minimum absolute atomic E-state index is 0.0575. The molecule has 0 saturated carbocycles. The number of aryl methyl sites for hydroxylation is 1. The number of nitrogens with zero attached hydrogens (tertiary/aromatic N) is 1. The molecule has 1 heterocycles. The summed E-state index contributed by atoms with van der Waals surface area (Å²) in [5.74, 6) is -0.354. The Bertz CT molecular complexity index is 1520. The van der Waals surface area contributed by atoms with Gasteiger partial charge >= 0.3 is 0 Å². The van der Waals surface area contributed by atoms with Gasteiger partial charge in [0.25, 0.3) is 0 Å². The van der Waals surface area contributed by atoms with Crippen LogP contribution in [0.3, 0.4) is 0 Å². The van der Waals surface area contributed by atoms with Crippen molar-refractivity contribution < 1.29 is 31.1 Å². The van der Waals surface area contributed by atoms with Crippen molar-refractivity contribution in [3.05, 3.63) is 89.5 Å². The topological polar surface area (TPSA) is 131 Å². The van der Waals surface area contributed by atoms with Crippen LogP contribution in [0.1, 0.15) is 16.7 Å². The highest BCUT2D eigenvalue weighted by Gasteiger charge is 2.29. The number of morpholine rings is 1. The maximum absolute atomic E-state index is 13.4. The number of carbonyl (C=O) groups excluding carboxylic acids is 1. The van der Waals surface area contributed by atoms with Crippen LogP contribution in [0.5, 0.6) is 5.75 Å². The Morgan fingerprint density at radius 3 is 2.27 bits per heavy atom. The Hall–Kier alpha value is -3.29. The van der Waals surface area contributed by atoms with Crippen LogP contribution in [0, 0.1) is 6.92 Å². The summed E-state index contributed by atoms with van der Waals surface area (Å²) in [5.41, 5.74) is 2.17. The smallest absolute Gasteiger partial charge is 0.244 e. The van der Waals surface area contributed by atoms with Crippen LogP contribution >= 0.6 is 0 Å². The molecule has 40 heavy (non-hydrogen) atoms. The largest absolute Gasteiger partial charge is 0.495 e. The van der Waals surface area contributed by atoms with Gasteiger partial charge in [0, 0.05) is 19.6 Å². The number of amides is 1. The van der Waals surface area contributed by atoms with Gasteiger partial charge in [-0.25, -0.2) is 16.8 Å². The van der Waals surface area contributed by atoms with Gasteiger partial charge in [0.05, 0.1) is 25.2 Å². The molecule has 0 bridgehead atoms. The Labute approximate surface area is 235 Å². The summed E-state index contributed by atoms with van der Waals surface area (Å²) in [4.78, 5) is 13.4. The number of benzene rings is 3. The third kappa shape index (κ3) is 7.26. The second-order valence-corrected chi connectivity index (χ2v) is 13.0. The van der Waals surface area contributed by atoms with Crippen LogP contribution in [0.25, 0.3) is 0 Å². The number of carbonyl (C=O) groups is 1. The lowest BCUT2D eigenvalue weighted by Gasteiger charge is -2.26. The molecular weight excluding hydrogens is 554 g/mol. The highest BCUT2D eigenvalue weighted by atomic mass is 32.2. The van der Waals surface area contributed by atoms with E-state index < -0.39 is 32.0 Å². The summed E-state index contributed by atoms with van der Waals surface area (Å²) in [6.45, 7) is 3.16. The van der Waals surface area contributed by atoms with Gasteiger partial charge < -0.3 is 14.8 Å². The maximum atomic E-state index is 13.4. The molecule has 12 heteroatoms. The number of methoxy groups -OCH3 is 1. The van der Waals surface area contributed by atoms with Crippen molar-refractivity contribution in [1.82, 2.24) is 14.3 Å². The van der Waals surface area contributed by atoms with Crippen molar-refractivity contribution in [3.8, 4) is 5.75 Å². The molecule has 0 unspecified atom stereocenters. The first-order valence-corrected chi connectivity index (χ1v) is 15.7. The van der Waals surface area contributed by atoms with Gasteiger partial charge in [0.2, 0.25) is 26.0 Å². The first-order valence-electron chi connectivity index (χ1n) is 12.8. The van der Waals surface area contributed by atoms with E-state index >= 15 is 0 Å². The van der Waals surface area contributed by atoms with Crippen LogP contribution < -0.4 is 14.8 Å². The standard InChI is InChI=1S/C28H33N3O7S2/c1-21-8-13-26(37-2)27(18-21)39(33,34)30-25(19-22-6-4-3-5-7-22)28(32)29-20-23-9-11-24(12-10-23)40(35,36)31-14-16-38-17-15-31/h3-13,18,25,30H,14-17,19-20H2,1-2H3,(H,29,32)/t25-/m0/s1. The van der Waals surface area contributed by atoms with Crippen molar-refractivity contribution in [1.29, 1.82) is 0 Å². The van der Waals surface area contributed by atoms with Gasteiger partial charge in [-0.05, 0) is 54.3 Å². The van der Waals surface area contributed by atoms with Crippen LogP contribution in [0.2, 0.25) is 0 Å². The lowest BCUT2D eigenvalue weighted by atomic mass is 10.1. The summed E-state index contributed by atoms with van der Waals surface area (Å²) >= 11 is 0. The number of hydrogen-bond acceptors (Lipinski definition) is 7. The second-order valence-electron chi connectivity index (χ2n) is 9.40. The number of ether oxygens (including phenoxy) is 2. The second kappa shape index (κ2) is 12.9. The third-order valence-corrected chi connectivity index (χ3v) is 9.91. The summed E-state index contributed by atoms with van der Waals surface area (Å²) in [5, 5.41) is 2.78. The lowest BCUT2D eigenvalue weighted by Crippen LogP contribution is -2.47. The van der Waals surface area contributed by atoms with Crippen LogP contribution in [0.4, 0.5) is 0 Å². The molecule has 0 aromatic heterocycles. The molecule has 4 rings (SSSR count). The molecule has 1 fully saturated rings. The van der Waals surface area contributed by atoms with Gasteiger partial charge in [-0.3, -0.25) is 4.79 Å². The van der Waals surface area contributed by atoms with Crippen LogP contribution in [0.15, 0.2) is 82.6 Å². The molecule has 1 atom stereocenters. The molecule has 1 amide bonds. The Morgan fingerprint density at radius 1 is 0.950 bits per heavy atom. The molecule has 1 aliphatic rings. The Kier molecular flexibility index (Phi) is 9.59. The number of nitrogens with one attached hydrogen (secondary N) is 2. The molecule has 3 aromatic carbocycles. The summed E-state index contributed by atoms with van der Waals surface area (Å²) in [6, 6.07) is 19.0. The fourth-order valence-electron chi connectivity index (χ4n) is 4.31. The normalized spacial score (nSPS) is 15.3. The van der Waals surface area contributed by atoms with Crippen LogP contribution in [-0.2, 0) is 42.5 Å². The zero-order chi connectivity index (χ0) is 28.8. The molecule has 214 valence electrons. The fraction of sp³-hybridized carbons (Fsp3) is 0.321. The van der Waals surface area contributed by atoms with Gasteiger partial charge in [-0.1, -0.05) is 48.5 Å². The summed E-state index contributed by atoms with van der Waals surface area (Å²) in [6.07, 6.45) is 0.122. The van der Waals surface area contributed by atoms with Crippen molar-refractivity contribution >= 4 is 26.0 Å². The third-order valence-electron chi connectivity index (χ3n) is 6.50. The number of sulfonamides is 2. The highest BCUT2D eigenvalue weighted by molar-refractivity contribution is 7.89. The summed E-state index contributed by atoms with van der Waals surface area (Å²) in [7, 11) is -6.37. The molecule has 0 radical (unpaired) electrons. The lowest BCUT2D eigenvalue weighted by molar-refractivity contribution is -0.122. The van der Waals surface area contributed by atoms with E-state index in [0.29, 0.717) is 31.9 Å². The van der Waals surface area contributed by atoms with E-state index in [9.17, 15) is 21.6 Å². The minimum Gasteiger partial charge on any atom is -0.495 e. The quantitative estimate of drug-likeness (QED) is 0.352. The molecule has 10 nitrogen and oxygen atoms in total. The average Bonchev–Trinajstić information content (AvgIpc) is 2.96. The molecular formula is C28H33N3O7S2. The minimum atomic E-state index is -4.12. The number of rotatable bonds is 11. The molecule has 0 spiro atoms. The monoisotopic (exact) mass is 587 g/mol. The predicted octanol–water partition coefficient (Wildman–Crippen LogP) is 2.23. The van der Waals surface area contributed by atoms with Crippen LogP contribution in [-0.4, -0.2) is 66.5 Å². The predicted molar refractivity (Wildman–Crippen MR) is 150 cm³/mol. The van der Waals surface area contributed by atoms with Crippen molar-refractivity contribution in [2.75, 3.05) is 33.4 Å². The Morgan fingerprint density at radius 2 is 1.62 bits per heavy atom. The zero-order valence-electron chi connectivity index (χ0n) is 22.4. The first-order chi connectivity index (χ1) is 19.1. The van der Waals surface area contributed by atoms with E-state index in [1.807, 2.05) is 30.3 Å². The molecule has 3 aromatic rings. The molecule has 0 aliphatic carbocycles. The maximum Gasteiger partial charge on any atom is 0.244 e. The number of hydrogen-bond donors (Lipinski definition) is 2. The van der Waals surface area contributed by atoms with Gasteiger partial charge in [0.1, 0.15) is 16.7 Å². The molecule has 1 aliphatic heterocycles. The molecule has 1 saturated heterocycles. The van der Waals surface area contributed by atoms with E-state index in [1.54, 1.807) is 31.2 Å². The SMILES string of the molecule is COc1ccc(C)cc1S(=O)(=O)N[C@@H](Cc1ccccc1)C(=O)NCc1ccc(S(=O)(=O)N2CCOCC2)cc1. The Balaban J connectivity index is 1.49. The van der Waals surface area contributed by atoms with Crippen molar-refractivity contribution in [2.45, 2.75) is 35.7 Å². The zero-order valence-corrected chi connectivity index (χ0v) is 24.0. The molecule has 2 N–H and O–H groups in total. The fourth-order valence-corrected chi connectivity index (χ4v) is 7.17. The van der Waals surface area contributed by atoms with E-state index in [4.69, 9.17) is 9.47 Å². The first kappa shape index (κ1) is 29.7. The average molecular weight is 588 g/mol. The van der Waals surface area contributed by atoms with Gasteiger partial charge in [-0.15, -0.1) is 0 Å². The van der Waals surface area contributed by atoms with E-state index in [-0.39, 0.29) is 28.5 Å². The van der Waals surface area contributed by atoms with E-state index in [1.165, 1.54) is 29.6 Å².